The number of nitrogens with two attached hydrogens (primary N) is 1. The van der Waals surface area contributed by atoms with Crippen LogP contribution in [0.5, 0.6) is 0 Å². The van der Waals surface area contributed by atoms with E-state index in [0.717, 1.165) is 42.4 Å². The molecule has 3 amide bonds. The van der Waals surface area contributed by atoms with Gasteiger partial charge in [0.2, 0.25) is 15.9 Å². The molecule has 3 saturated heterocycles. The number of hydrogen-bond acceptors (Lipinski definition) is 8. The second-order valence-electron chi connectivity index (χ2n) is 13.1. The summed E-state index contributed by atoms with van der Waals surface area (Å²) in [6, 6.07) is 12.8. The first-order valence-corrected chi connectivity index (χ1v) is 17.2. The molecule has 4 N–H and O–H groups in total. The van der Waals surface area contributed by atoms with Gasteiger partial charge in [0.1, 0.15) is 0 Å². The molecule has 3 aromatic rings. The second kappa shape index (κ2) is 12.4. The molecule has 1 unspecified atom stereocenters. The van der Waals surface area contributed by atoms with Crippen molar-refractivity contribution < 1.29 is 23.1 Å². The summed E-state index contributed by atoms with van der Waals surface area (Å²) < 4.78 is 29.8. The molecule has 0 saturated carbocycles. The number of anilines is 1. The average molecular weight is 638 g/mol. The number of nitrogens with one attached hydrogen (secondary N) is 1. The van der Waals surface area contributed by atoms with Crippen LogP contribution in [-0.2, 0) is 28.3 Å². The van der Waals surface area contributed by atoms with Gasteiger partial charge in [-0.2, -0.15) is 9.40 Å². The van der Waals surface area contributed by atoms with Gasteiger partial charge in [0, 0.05) is 57.5 Å². The summed E-state index contributed by atoms with van der Waals surface area (Å²) in [6.45, 7) is 5.15. The average Bonchev–Trinajstić information content (AvgIpc) is 3.32. The number of β-amino-alcohol motifs (C(OH)–C–C–N with tert-alkyl or cyclic N) is 1. The van der Waals surface area contributed by atoms with Gasteiger partial charge >= 0.3 is 6.03 Å². The lowest BCUT2D eigenvalue weighted by molar-refractivity contribution is -0.120. The van der Waals surface area contributed by atoms with Crippen molar-refractivity contribution in [2.75, 3.05) is 44.2 Å². The number of sulfonamides is 1. The molecule has 0 radical (unpaired) electrons. The molecule has 2 aromatic carbocycles. The second-order valence-corrected chi connectivity index (χ2v) is 15.0. The van der Waals surface area contributed by atoms with E-state index in [1.807, 2.05) is 26.1 Å². The van der Waals surface area contributed by atoms with Crippen molar-refractivity contribution in [2.24, 2.45) is 12.8 Å². The zero-order valence-corrected chi connectivity index (χ0v) is 26.8. The molecule has 0 bridgehead atoms. The summed E-state index contributed by atoms with van der Waals surface area (Å²) in [7, 11) is -1.74. The molecule has 6 rings (SSSR count). The highest BCUT2D eigenvalue weighted by Crippen LogP contribution is 2.34. The summed E-state index contributed by atoms with van der Waals surface area (Å²) in [4.78, 5) is 28.1. The van der Waals surface area contributed by atoms with Crippen LogP contribution in [0.15, 0.2) is 47.4 Å². The number of carbonyl (C=O) groups excluding carboxylic acids is 2. The van der Waals surface area contributed by atoms with Crippen LogP contribution in [-0.4, -0.2) is 95.4 Å². The Morgan fingerprint density at radius 1 is 1.02 bits per heavy atom. The number of nitrogens with zero attached hydrogens (tertiary/aromatic N) is 5. The Hall–Kier alpha value is -3.36. The Bertz CT molecular complexity index is 1690. The number of aliphatic hydroxyl groups is 1. The lowest BCUT2D eigenvalue weighted by Gasteiger charge is -2.37. The first-order valence-electron chi connectivity index (χ1n) is 15.8. The fourth-order valence-electron chi connectivity index (χ4n) is 6.96. The number of rotatable bonds is 8. The molecule has 4 heterocycles. The van der Waals surface area contributed by atoms with Gasteiger partial charge in [0.05, 0.1) is 16.0 Å². The number of aromatic nitrogens is 2. The van der Waals surface area contributed by atoms with Gasteiger partial charge in [0.25, 0.3) is 0 Å². The van der Waals surface area contributed by atoms with Crippen LogP contribution in [0.1, 0.15) is 56.1 Å². The predicted molar refractivity (Wildman–Crippen MR) is 171 cm³/mol. The predicted octanol–water partition coefficient (Wildman–Crippen LogP) is 2.30. The largest absolute Gasteiger partial charge is 0.388 e. The number of fused-ring (bicyclic) bond motifs is 1. The first-order chi connectivity index (χ1) is 21.4. The van der Waals surface area contributed by atoms with E-state index in [-0.39, 0.29) is 23.3 Å². The highest BCUT2D eigenvalue weighted by atomic mass is 32.2. The molecule has 1 aromatic heterocycles. The van der Waals surface area contributed by atoms with E-state index >= 15 is 0 Å². The maximum Gasteiger partial charge on any atom is 0.329 e. The summed E-state index contributed by atoms with van der Waals surface area (Å²) >= 11 is 0. The van der Waals surface area contributed by atoms with Gasteiger partial charge in [-0.3, -0.25) is 19.7 Å². The Morgan fingerprint density at radius 2 is 1.76 bits per heavy atom. The van der Waals surface area contributed by atoms with Crippen molar-refractivity contribution in [3.8, 4) is 0 Å². The third-order valence-electron chi connectivity index (χ3n) is 9.41. The van der Waals surface area contributed by atoms with Gasteiger partial charge < -0.3 is 15.7 Å². The zero-order chi connectivity index (χ0) is 31.9. The van der Waals surface area contributed by atoms with E-state index in [1.165, 1.54) is 14.8 Å². The number of benzene rings is 2. The van der Waals surface area contributed by atoms with Crippen molar-refractivity contribution in [1.82, 2.24) is 24.3 Å². The molecule has 45 heavy (non-hydrogen) atoms. The third kappa shape index (κ3) is 6.77. The molecule has 13 heteroatoms. The molecular formula is C32H43N7O5S. The number of imide groups is 1. The van der Waals surface area contributed by atoms with E-state index in [4.69, 9.17) is 5.73 Å². The highest BCUT2D eigenvalue weighted by Gasteiger charge is 2.32. The number of urea groups is 1. The minimum absolute atomic E-state index is 0.0473. The van der Waals surface area contributed by atoms with E-state index in [0.29, 0.717) is 57.2 Å². The van der Waals surface area contributed by atoms with E-state index in [9.17, 15) is 23.1 Å². The highest BCUT2D eigenvalue weighted by molar-refractivity contribution is 7.89. The SMILES string of the molecule is Cn1nc(N2CCC(=O)NC2=O)c2ccc(C3CCN(CC(C)(O)Cc4cccc(S(=O)(=O)N5CCC(N)CC5)c4)CC3)cc21. The van der Waals surface area contributed by atoms with Crippen LogP contribution >= 0.6 is 0 Å². The number of amides is 3. The fraction of sp³-hybridized carbons (Fsp3) is 0.531. The summed E-state index contributed by atoms with van der Waals surface area (Å²) in [5, 5.41) is 19.2. The Kier molecular flexibility index (Phi) is 8.74. The van der Waals surface area contributed by atoms with Crippen LogP contribution in [0.25, 0.3) is 10.9 Å². The van der Waals surface area contributed by atoms with Gasteiger partial charge in [0.15, 0.2) is 5.82 Å². The van der Waals surface area contributed by atoms with Crippen LogP contribution in [0, 0.1) is 0 Å². The normalized spacial score (nSPS) is 21.3. The lowest BCUT2D eigenvalue weighted by Crippen LogP contribution is -2.49. The van der Waals surface area contributed by atoms with Crippen molar-refractivity contribution in [2.45, 2.75) is 67.9 Å². The van der Waals surface area contributed by atoms with Crippen LogP contribution in [0.2, 0.25) is 0 Å². The standard InChI is InChI=1S/C32H43N7O5S/c1-32(42,20-22-4-3-5-26(18-22)45(43,44)38-15-10-25(33)11-16-38)21-37-13-8-23(9-14-37)24-6-7-27-28(19-24)36(2)35-30(27)39-17-12-29(40)34-31(39)41/h3-7,18-19,23,25,42H,8-17,20-21,33H2,1-2H3,(H,34,40,41). The molecular weight excluding hydrogens is 594 g/mol. The molecule has 3 aliphatic heterocycles. The Morgan fingerprint density at radius 3 is 2.47 bits per heavy atom. The number of hydrogen-bond donors (Lipinski definition) is 3. The minimum atomic E-state index is -3.60. The van der Waals surface area contributed by atoms with Crippen molar-refractivity contribution in [3.63, 3.8) is 0 Å². The Balaban J connectivity index is 1.07. The monoisotopic (exact) mass is 637 g/mol. The minimum Gasteiger partial charge on any atom is -0.388 e. The third-order valence-corrected chi connectivity index (χ3v) is 11.3. The van der Waals surface area contributed by atoms with Crippen molar-refractivity contribution in [3.05, 3.63) is 53.6 Å². The number of carbonyl (C=O) groups is 2. The van der Waals surface area contributed by atoms with Crippen molar-refractivity contribution >= 4 is 38.7 Å². The molecule has 3 fully saturated rings. The maximum absolute atomic E-state index is 13.2. The van der Waals surface area contributed by atoms with Gasteiger partial charge in [-0.15, -0.1) is 0 Å². The smallest absolute Gasteiger partial charge is 0.329 e. The molecule has 1 atom stereocenters. The summed E-state index contributed by atoms with van der Waals surface area (Å²) in [5.74, 6) is 0.641. The molecule has 12 nitrogen and oxygen atoms in total. The topological polar surface area (TPSA) is 154 Å². The number of aryl methyl sites for hydroxylation is 1. The van der Waals surface area contributed by atoms with Crippen molar-refractivity contribution in [1.29, 1.82) is 0 Å². The quantitative estimate of drug-likeness (QED) is 0.340. The van der Waals surface area contributed by atoms with E-state index in [1.54, 1.807) is 22.9 Å². The maximum atomic E-state index is 13.2. The van der Waals surface area contributed by atoms with Gasteiger partial charge in [-0.1, -0.05) is 18.2 Å². The zero-order valence-electron chi connectivity index (χ0n) is 26.0. The summed E-state index contributed by atoms with van der Waals surface area (Å²) in [6.07, 6.45) is 3.80. The molecule has 242 valence electrons. The fourth-order valence-corrected chi connectivity index (χ4v) is 8.50. The molecule has 3 aliphatic rings. The van der Waals surface area contributed by atoms with Crippen LogP contribution < -0.4 is 16.0 Å². The molecule has 0 aliphatic carbocycles. The summed E-state index contributed by atoms with van der Waals surface area (Å²) in [5.41, 5.74) is 7.89. The first kappa shape index (κ1) is 31.6. The van der Waals surface area contributed by atoms with Gasteiger partial charge in [-0.25, -0.2) is 13.2 Å². The van der Waals surface area contributed by atoms with E-state index in [2.05, 4.69) is 27.4 Å². The lowest BCUT2D eigenvalue weighted by atomic mass is 9.88. The van der Waals surface area contributed by atoms with Crippen LogP contribution in [0.3, 0.4) is 0 Å². The van der Waals surface area contributed by atoms with Gasteiger partial charge in [-0.05, 0) is 87.0 Å². The number of likely N-dealkylation sites (tertiary alicyclic amines) is 1. The van der Waals surface area contributed by atoms with Crippen LogP contribution in [0.4, 0.5) is 10.6 Å². The molecule has 0 spiro atoms. The Labute approximate surface area is 264 Å². The van der Waals surface area contributed by atoms with E-state index < -0.39 is 21.7 Å². The number of piperidine rings is 2.